The van der Waals surface area contributed by atoms with Crippen LogP contribution in [0.2, 0.25) is 0 Å². The molecule has 1 aromatic rings. The van der Waals surface area contributed by atoms with Gasteiger partial charge in [-0.3, -0.25) is 0 Å². The third-order valence-electron chi connectivity index (χ3n) is 2.37. The maximum Gasteiger partial charge on any atom is 0.219 e. The van der Waals surface area contributed by atoms with E-state index >= 15 is 0 Å². The Morgan fingerprint density at radius 2 is 2.25 bits per heavy atom. The topological polar surface area (TPSA) is 38.9 Å². The zero-order chi connectivity index (χ0) is 8.55. The fourth-order valence-electron chi connectivity index (χ4n) is 1.40. The summed E-state index contributed by atoms with van der Waals surface area (Å²) in [6.07, 6.45) is 3.20. The van der Waals surface area contributed by atoms with Crippen LogP contribution in [0.4, 0.5) is 0 Å². The van der Waals surface area contributed by atoms with Gasteiger partial charge in [-0.05, 0) is 18.8 Å². The molecule has 2 unspecified atom stereocenters. The first-order chi connectivity index (χ1) is 5.81. The second-order valence-electron chi connectivity index (χ2n) is 3.60. The second-order valence-corrected chi connectivity index (χ2v) is 3.60. The summed E-state index contributed by atoms with van der Waals surface area (Å²) < 4.78 is 5.50. The molecule has 0 saturated heterocycles. The number of hydrogen-bond acceptors (Lipinski definition) is 3. The first-order valence-corrected chi connectivity index (χ1v) is 4.63. The molecule has 0 aliphatic heterocycles. The predicted octanol–water partition coefficient (Wildman–Crippen LogP) is 2.15. The van der Waals surface area contributed by atoms with Gasteiger partial charge in [0.05, 0.1) is 0 Å². The molecule has 0 radical (unpaired) electrons. The molecular formula is C9H14N2O. The summed E-state index contributed by atoms with van der Waals surface area (Å²) in [6, 6.07) is 0. The van der Waals surface area contributed by atoms with Crippen molar-refractivity contribution in [3.05, 3.63) is 11.8 Å². The van der Waals surface area contributed by atoms with E-state index in [1.807, 2.05) is 0 Å². The van der Waals surface area contributed by atoms with Gasteiger partial charge >= 0.3 is 0 Å². The summed E-state index contributed by atoms with van der Waals surface area (Å²) in [7, 11) is 0. The summed E-state index contributed by atoms with van der Waals surface area (Å²) >= 11 is 0. The number of rotatable bonds is 3. The maximum absolute atomic E-state index is 5.50. The van der Waals surface area contributed by atoms with Crippen molar-refractivity contribution in [2.24, 2.45) is 5.92 Å². The van der Waals surface area contributed by atoms with Crippen molar-refractivity contribution in [1.29, 1.82) is 0 Å². The van der Waals surface area contributed by atoms with Crippen LogP contribution in [-0.2, 0) is 6.42 Å². The Morgan fingerprint density at radius 1 is 1.50 bits per heavy atom. The van der Waals surface area contributed by atoms with E-state index in [0.717, 1.165) is 30.5 Å². The van der Waals surface area contributed by atoms with Gasteiger partial charge in [-0.1, -0.05) is 13.8 Å². The number of aromatic nitrogens is 2. The highest BCUT2D eigenvalue weighted by Crippen LogP contribution is 2.46. The van der Waals surface area contributed by atoms with Gasteiger partial charge in [0, 0.05) is 12.3 Å². The summed E-state index contributed by atoms with van der Waals surface area (Å²) in [5.74, 6) is 2.96. The molecular weight excluding hydrogens is 152 g/mol. The number of hydrogen-bond donors (Lipinski definition) is 0. The predicted molar refractivity (Wildman–Crippen MR) is 44.8 cm³/mol. The number of aryl methyl sites for hydroxylation is 1. The van der Waals surface area contributed by atoms with E-state index in [1.165, 1.54) is 6.42 Å². The Bertz CT molecular complexity index is 269. The highest BCUT2D eigenvalue weighted by Gasteiger charge is 2.38. The first kappa shape index (κ1) is 7.77. The molecule has 12 heavy (non-hydrogen) atoms. The van der Waals surface area contributed by atoms with E-state index in [-0.39, 0.29) is 0 Å². The molecule has 1 fully saturated rings. The maximum atomic E-state index is 5.50. The van der Waals surface area contributed by atoms with Gasteiger partial charge in [-0.25, -0.2) is 0 Å². The fraction of sp³-hybridized carbons (Fsp3) is 0.778. The third-order valence-corrected chi connectivity index (χ3v) is 2.37. The van der Waals surface area contributed by atoms with E-state index in [2.05, 4.69) is 24.0 Å². The molecule has 1 aliphatic rings. The Kier molecular flexibility index (Phi) is 1.87. The van der Waals surface area contributed by atoms with Gasteiger partial charge in [0.2, 0.25) is 11.8 Å². The van der Waals surface area contributed by atoms with Crippen LogP contribution < -0.4 is 0 Å². The lowest BCUT2D eigenvalue weighted by molar-refractivity contribution is 0.444. The largest absolute Gasteiger partial charge is 0.425 e. The average Bonchev–Trinajstić information content (AvgIpc) is 2.62. The first-order valence-electron chi connectivity index (χ1n) is 4.63. The number of nitrogens with zero attached hydrogens (tertiary/aromatic N) is 2. The van der Waals surface area contributed by atoms with Gasteiger partial charge in [0.15, 0.2) is 0 Å². The highest BCUT2D eigenvalue weighted by atomic mass is 16.4. The van der Waals surface area contributed by atoms with Crippen LogP contribution in [0.25, 0.3) is 0 Å². The van der Waals surface area contributed by atoms with E-state index < -0.39 is 0 Å². The Labute approximate surface area is 72.2 Å². The van der Waals surface area contributed by atoms with Crippen LogP contribution in [0.3, 0.4) is 0 Å². The SMILES string of the molecule is CCCc1nnc(C2CC2C)o1. The van der Waals surface area contributed by atoms with Crippen LogP contribution >= 0.6 is 0 Å². The fourth-order valence-corrected chi connectivity index (χ4v) is 1.40. The van der Waals surface area contributed by atoms with Gasteiger partial charge in [-0.15, -0.1) is 10.2 Å². The van der Waals surface area contributed by atoms with Gasteiger partial charge in [0.25, 0.3) is 0 Å². The Balaban J connectivity index is 2.04. The van der Waals surface area contributed by atoms with Crippen LogP contribution in [-0.4, -0.2) is 10.2 Å². The van der Waals surface area contributed by atoms with E-state index in [1.54, 1.807) is 0 Å². The summed E-state index contributed by atoms with van der Waals surface area (Å²) in [5, 5.41) is 8.02. The van der Waals surface area contributed by atoms with Crippen molar-refractivity contribution in [3.8, 4) is 0 Å². The van der Waals surface area contributed by atoms with Crippen molar-refractivity contribution in [3.63, 3.8) is 0 Å². The molecule has 0 aromatic carbocycles. The molecule has 1 heterocycles. The average molecular weight is 166 g/mol. The lowest BCUT2D eigenvalue weighted by Crippen LogP contribution is -1.80. The van der Waals surface area contributed by atoms with E-state index in [0.29, 0.717) is 5.92 Å². The van der Waals surface area contributed by atoms with Crippen LogP contribution in [0, 0.1) is 5.92 Å². The normalized spacial score (nSPS) is 27.5. The molecule has 0 amide bonds. The standard InChI is InChI=1S/C9H14N2O/c1-3-4-8-10-11-9(12-8)7-5-6(7)2/h6-7H,3-5H2,1-2H3. The summed E-state index contributed by atoms with van der Waals surface area (Å²) in [4.78, 5) is 0. The second kappa shape index (κ2) is 2.88. The minimum absolute atomic E-state index is 0.558. The Morgan fingerprint density at radius 3 is 2.83 bits per heavy atom. The molecule has 3 nitrogen and oxygen atoms in total. The molecule has 1 aromatic heterocycles. The summed E-state index contributed by atoms with van der Waals surface area (Å²) in [5.41, 5.74) is 0. The summed E-state index contributed by atoms with van der Waals surface area (Å²) in [6.45, 7) is 4.33. The van der Waals surface area contributed by atoms with Crippen molar-refractivity contribution in [1.82, 2.24) is 10.2 Å². The smallest absolute Gasteiger partial charge is 0.219 e. The lowest BCUT2D eigenvalue weighted by atomic mass is 10.3. The van der Waals surface area contributed by atoms with E-state index in [4.69, 9.17) is 4.42 Å². The molecule has 2 rings (SSSR count). The Hall–Kier alpha value is -0.860. The molecule has 0 spiro atoms. The van der Waals surface area contributed by atoms with Crippen LogP contribution in [0.5, 0.6) is 0 Å². The molecule has 1 aliphatic carbocycles. The lowest BCUT2D eigenvalue weighted by Gasteiger charge is -1.87. The quantitative estimate of drug-likeness (QED) is 0.690. The van der Waals surface area contributed by atoms with E-state index in [9.17, 15) is 0 Å². The minimum atomic E-state index is 0.558. The molecule has 2 atom stereocenters. The molecule has 66 valence electrons. The minimum Gasteiger partial charge on any atom is -0.425 e. The molecule has 0 bridgehead atoms. The van der Waals surface area contributed by atoms with Gasteiger partial charge in [0.1, 0.15) is 0 Å². The zero-order valence-corrected chi connectivity index (χ0v) is 7.58. The van der Waals surface area contributed by atoms with Crippen molar-refractivity contribution < 1.29 is 4.42 Å². The molecule has 0 N–H and O–H groups in total. The van der Waals surface area contributed by atoms with Crippen molar-refractivity contribution in [2.75, 3.05) is 0 Å². The van der Waals surface area contributed by atoms with Gasteiger partial charge in [-0.2, -0.15) is 0 Å². The molecule has 1 saturated carbocycles. The zero-order valence-electron chi connectivity index (χ0n) is 7.58. The van der Waals surface area contributed by atoms with Crippen LogP contribution in [0.15, 0.2) is 4.42 Å². The third kappa shape index (κ3) is 1.36. The van der Waals surface area contributed by atoms with Gasteiger partial charge < -0.3 is 4.42 Å². The van der Waals surface area contributed by atoms with Crippen LogP contribution in [0.1, 0.15) is 44.4 Å². The van der Waals surface area contributed by atoms with Crippen molar-refractivity contribution >= 4 is 0 Å². The van der Waals surface area contributed by atoms with Crippen molar-refractivity contribution in [2.45, 2.75) is 39.0 Å². The molecule has 3 heteroatoms. The highest BCUT2D eigenvalue weighted by molar-refractivity contribution is 5.04. The monoisotopic (exact) mass is 166 g/mol.